The summed E-state index contributed by atoms with van der Waals surface area (Å²) in [6, 6.07) is 6.51. The van der Waals surface area contributed by atoms with E-state index in [9.17, 15) is 0 Å². The smallest absolute Gasteiger partial charge is 0.190 e. The van der Waals surface area contributed by atoms with Crippen LogP contribution in [0.15, 0.2) is 23.2 Å². The van der Waals surface area contributed by atoms with Crippen LogP contribution in [0, 0.1) is 5.92 Å². The molecule has 1 aromatic carbocycles. The number of aliphatic imine (C=N–C) groups is 1. The normalized spacial score (nSPS) is 14.0. The molecule has 0 unspecified atom stereocenters. The zero-order valence-electron chi connectivity index (χ0n) is 13.4. The molecule has 1 heterocycles. The third-order valence-corrected chi connectivity index (χ3v) is 3.70. The van der Waals surface area contributed by atoms with Gasteiger partial charge in [0.15, 0.2) is 5.96 Å². The maximum atomic E-state index is 5.53. The van der Waals surface area contributed by atoms with Crippen molar-refractivity contribution in [2.75, 3.05) is 26.7 Å². The van der Waals surface area contributed by atoms with Gasteiger partial charge < -0.3 is 15.4 Å². The van der Waals surface area contributed by atoms with Gasteiger partial charge in [-0.15, -0.1) is 0 Å². The van der Waals surface area contributed by atoms with Gasteiger partial charge in [-0.05, 0) is 36.0 Å². The van der Waals surface area contributed by atoms with Gasteiger partial charge in [0.05, 0.1) is 6.61 Å². The van der Waals surface area contributed by atoms with Crippen molar-refractivity contribution in [2.45, 2.75) is 33.1 Å². The second-order valence-corrected chi connectivity index (χ2v) is 5.90. The molecule has 0 radical (unpaired) electrons. The van der Waals surface area contributed by atoms with Crippen LogP contribution in [0.1, 0.15) is 31.4 Å². The van der Waals surface area contributed by atoms with Gasteiger partial charge in [-0.2, -0.15) is 0 Å². The highest BCUT2D eigenvalue weighted by atomic mass is 16.5. The number of nitrogens with zero attached hydrogens (tertiary/aromatic N) is 1. The molecular weight excluding hydrogens is 262 g/mol. The lowest BCUT2D eigenvalue weighted by molar-refractivity contribution is 0.357. The van der Waals surface area contributed by atoms with Crippen molar-refractivity contribution in [1.82, 2.24) is 10.6 Å². The SMILES string of the molecule is CN=C(NCCc1ccc2c(c1)CCO2)NCCC(C)C. The van der Waals surface area contributed by atoms with Crippen molar-refractivity contribution in [3.8, 4) is 5.75 Å². The van der Waals surface area contributed by atoms with Crippen molar-refractivity contribution in [3.05, 3.63) is 29.3 Å². The number of ether oxygens (including phenoxy) is 1. The summed E-state index contributed by atoms with van der Waals surface area (Å²) in [4.78, 5) is 4.25. The van der Waals surface area contributed by atoms with E-state index in [0.717, 1.165) is 50.7 Å². The van der Waals surface area contributed by atoms with Gasteiger partial charge in [0.1, 0.15) is 5.75 Å². The molecule has 0 saturated heterocycles. The average Bonchev–Trinajstić information content (AvgIpc) is 2.92. The molecule has 2 rings (SSSR count). The van der Waals surface area contributed by atoms with E-state index in [4.69, 9.17) is 4.74 Å². The molecule has 2 N–H and O–H groups in total. The van der Waals surface area contributed by atoms with E-state index in [1.54, 1.807) is 0 Å². The molecule has 0 amide bonds. The van der Waals surface area contributed by atoms with Crippen LogP contribution in [-0.4, -0.2) is 32.7 Å². The Morgan fingerprint density at radius 2 is 2.10 bits per heavy atom. The standard InChI is InChI=1S/C17H27N3O/c1-13(2)6-9-19-17(18-3)20-10-7-14-4-5-16-15(12-14)8-11-21-16/h4-5,12-13H,6-11H2,1-3H3,(H2,18,19,20). The van der Waals surface area contributed by atoms with Crippen molar-refractivity contribution in [3.63, 3.8) is 0 Å². The number of guanidine groups is 1. The molecule has 0 atom stereocenters. The molecular formula is C17H27N3O. The molecule has 0 bridgehead atoms. The molecule has 21 heavy (non-hydrogen) atoms. The second kappa shape index (κ2) is 7.91. The van der Waals surface area contributed by atoms with Crippen LogP contribution in [0.3, 0.4) is 0 Å². The van der Waals surface area contributed by atoms with E-state index >= 15 is 0 Å². The zero-order valence-corrected chi connectivity index (χ0v) is 13.4. The zero-order chi connectivity index (χ0) is 15.1. The number of hydrogen-bond acceptors (Lipinski definition) is 2. The predicted octanol–water partition coefficient (Wildman–Crippen LogP) is 2.38. The molecule has 4 nitrogen and oxygen atoms in total. The average molecular weight is 289 g/mol. The first kappa shape index (κ1) is 15.7. The predicted molar refractivity (Wildman–Crippen MR) is 88.2 cm³/mol. The summed E-state index contributed by atoms with van der Waals surface area (Å²) >= 11 is 0. The maximum absolute atomic E-state index is 5.53. The first-order valence-electron chi connectivity index (χ1n) is 7.88. The number of nitrogens with one attached hydrogen (secondary N) is 2. The van der Waals surface area contributed by atoms with Crippen molar-refractivity contribution < 1.29 is 4.74 Å². The third kappa shape index (κ3) is 4.96. The molecule has 0 saturated carbocycles. The number of fused-ring (bicyclic) bond motifs is 1. The Kier molecular flexibility index (Phi) is 5.90. The first-order valence-corrected chi connectivity index (χ1v) is 7.88. The largest absolute Gasteiger partial charge is 0.493 e. The topological polar surface area (TPSA) is 45.7 Å². The number of hydrogen-bond donors (Lipinski definition) is 2. The number of benzene rings is 1. The van der Waals surface area contributed by atoms with Gasteiger partial charge in [-0.3, -0.25) is 4.99 Å². The minimum atomic E-state index is 0.712. The van der Waals surface area contributed by atoms with Gasteiger partial charge in [0.25, 0.3) is 0 Å². The Morgan fingerprint density at radius 3 is 2.86 bits per heavy atom. The van der Waals surface area contributed by atoms with Crippen LogP contribution < -0.4 is 15.4 Å². The van der Waals surface area contributed by atoms with E-state index in [1.165, 1.54) is 11.1 Å². The van der Waals surface area contributed by atoms with Crippen LogP contribution in [-0.2, 0) is 12.8 Å². The van der Waals surface area contributed by atoms with Crippen LogP contribution in [0.4, 0.5) is 0 Å². The van der Waals surface area contributed by atoms with E-state index in [1.807, 2.05) is 7.05 Å². The molecule has 0 spiro atoms. The third-order valence-electron chi connectivity index (χ3n) is 3.70. The Hall–Kier alpha value is -1.71. The monoisotopic (exact) mass is 289 g/mol. The Balaban J connectivity index is 1.72. The molecule has 4 heteroatoms. The lowest BCUT2D eigenvalue weighted by Crippen LogP contribution is -2.39. The van der Waals surface area contributed by atoms with Gasteiger partial charge in [0.2, 0.25) is 0 Å². The minimum absolute atomic E-state index is 0.712. The molecule has 1 aliphatic heterocycles. The van der Waals surface area contributed by atoms with Gasteiger partial charge in [-0.1, -0.05) is 26.0 Å². The summed E-state index contributed by atoms with van der Waals surface area (Å²) in [5.74, 6) is 2.65. The molecule has 0 aromatic heterocycles. The molecule has 1 aliphatic rings. The Bertz CT molecular complexity index is 483. The minimum Gasteiger partial charge on any atom is -0.493 e. The van der Waals surface area contributed by atoms with E-state index < -0.39 is 0 Å². The van der Waals surface area contributed by atoms with E-state index in [-0.39, 0.29) is 0 Å². The van der Waals surface area contributed by atoms with Crippen LogP contribution in [0.2, 0.25) is 0 Å². The quantitative estimate of drug-likeness (QED) is 0.624. The fourth-order valence-electron chi connectivity index (χ4n) is 2.42. The lowest BCUT2D eigenvalue weighted by Gasteiger charge is -2.13. The summed E-state index contributed by atoms with van der Waals surface area (Å²) in [5, 5.41) is 6.71. The maximum Gasteiger partial charge on any atom is 0.190 e. The summed E-state index contributed by atoms with van der Waals surface area (Å²) in [5.41, 5.74) is 2.69. The first-order chi connectivity index (χ1) is 10.2. The summed E-state index contributed by atoms with van der Waals surface area (Å²) in [6.45, 7) is 7.14. The highest BCUT2D eigenvalue weighted by Gasteiger charge is 2.11. The Morgan fingerprint density at radius 1 is 1.29 bits per heavy atom. The van der Waals surface area contributed by atoms with Gasteiger partial charge in [0, 0.05) is 26.6 Å². The van der Waals surface area contributed by atoms with Gasteiger partial charge in [-0.25, -0.2) is 0 Å². The van der Waals surface area contributed by atoms with E-state index in [0.29, 0.717) is 5.92 Å². The number of rotatable bonds is 6. The summed E-state index contributed by atoms with van der Waals surface area (Å²) in [7, 11) is 1.82. The summed E-state index contributed by atoms with van der Waals surface area (Å²) in [6.07, 6.45) is 3.19. The van der Waals surface area contributed by atoms with E-state index in [2.05, 4.69) is 47.7 Å². The highest BCUT2D eigenvalue weighted by molar-refractivity contribution is 5.79. The summed E-state index contributed by atoms with van der Waals surface area (Å²) < 4.78 is 5.53. The molecule has 0 aliphatic carbocycles. The van der Waals surface area contributed by atoms with Gasteiger partial charge >= 0.3 is 0 Å². The van der Waals surface area contributed by atoms with Crippen molar-refractivity contribution in [2.24, 2.45) is 10.9 Å². The Labute approximate surface area is 128 Å². The fraction of sp³-hybridized carbons (Fsp3) is 0.588. The lowest BCUT2D eigenvalue weighted by atomic mass is 10.1. The van der Waals surface area contributed by atoms with Crippen molar-refractivity contribution >= 4 is 5.96 Å². The molecule has 116 valence electrons. The van der Waals surface area contributed by atoms with Crippen LogP contribution in [0.25, 0.3) is 0 Å². The van der Waals surface area contributed by atoms with Crippen LogP contribution in [0.5, 0.6) is 5.75 Å². The van der Waals surface area contributed by atoms with Crippen LogP contribution >= 0.6 is 0 Å². The highest BCUT2D eigenvalue weighted by Crippen LogP contribution is 2.25. The van der Waals surface area contributed by atoms with Crippen molar-refractivity contribution in [1.29, 1.82) is 0 Å². The fourth-order valence-corrected chi connectivity index (χ4v) is 2.42. The second-order valence-electron chi connectivity index (χ2n) is 5.90. The molecule has 1 aromatic rings. The molecule has 0 fully saturated rings.